The van der Waals surface area contributed by atoms with Gasteiger partial charge in [-0.05, 0) is 31.2 Å². The van der Waals surface area contributed by atoms with Crippen LogP contribution in [0.4, 0.5) is 13.2 Å². The molecule has 1 saturated heterocycles. The fraction of sp³-hybridized carbons (Fsp3) is 0.429. The Labute approximate surface area is 123 Å². The third kappa shape index (κ3) is 2.23. The van der Waals surface area contributed by atoms with Crippen molar-refractivity contribution in [1.82, 2.24) is 14.5 Å². The lowest BCUT2D eigenvalue weighted by molar-refractivity contribution is -0.137. The second-order valence-corrected chi connectivity index (χ2v) is 5.39. The lowest BCUT2D eigenvalue weighted by Gasteiger charge is -2.16. The molecule has 0 bridgehead atoms. The van der Waals surface area contributed by atoms with Crippen LogP contribution in [-0.4, -0.2) is 22.2 Å². The highest BCUT2D eigenvalue weighted by Crippen LogP contribution is 2.30. The Bertz CT molecular complexity index is 845. The van der Waals surface area contributed by atoms with Crippen molar-refractivity contribution >= 4 is 10.9 Å². The lowest BCUT2D eigenvalue weighted by Crippen LogP contribution is -2.42. The molecule has 0 radical (unpaired) electrons. The quantitative estimate of drug-likeness (QED) is 0.862. The van der Waals surface area contributed by atoms with Gasteiger partial charge in [0.1, 0.15) is 0 Å². The number of benzene rings is 1. The van der Waals surface area contributed by atoms with E-state index in [0.29, 0.717) is 19.5 Å². The van der Waals surface area contributed by atoms with E-state index >= 15 is 0 Å². The maximum absolute atomic E-state index is 12.8. The Hall–Kier alpha value is -2.09. The largest absolute Gasteiger partial charge is 0.416 e. The number of hydrogen-bond donors (Lipinski definition) is 1. The maximum atomic E-state index is 12.8. The molecule has 2 heterocycles. The molecule has 22 heavy (non-hydrogen) atoms. The van der Waals surface area contributed by atoms with Gasteiger partial charge in [-0.15, -0.1) is 0 Å². The summed E-state index contributed by atoms with van der Waals surface area (Å²) in [6.07, 6.45) is -3.88. The van der Waals surface area contributed by atoms with Gasteiger partial charge in [0.15, 0.2) is 0 Å². The van der Waals surface area contributed by atoms with Gasteiger partial charge in [0.2, 0.25) is 0 Å². The summed E-state index contributed by atoms with van der Waals surface area (Å²) in [4.78, 5) is 24.9. The van der Waals surface area contributed by atoms with Gasteiger partial charge in [0.05, 0.1) is 22.5 Å². The van der Waals surface area contributed by atoms with E-state index in [-0.39, 0.29) is 16.9 Å². The summed E-state index contributed by atoms with van der Waals surface area (Å²) in [7, 11) is 1.38. The molecule has 1 unspecified atom stereocenters. The Morgan fingerprint density at radius 3 is 2.59 bits per heavy atom. The molecule has 1 aromatic carbocycles. The van der Waals surface area contributed by atoms with E-state index in [2.05, 4.69) is 5.32 Å². The van der Waals surface area contributed by atoms with Crippen molar-refractivity contribution in [2.75, 3.05) is 13.1 Å². The Morgan fingerprint density at radius 2 is 2.00 bits per heavy atom. The predicted molar refractivity (Wildman–Crippen MR) is 75.0 cm³/mol. The van der Waals surface area contributed by atoms with Crippen LogP contribution in [-0.2, 0) is 13.2 Å². The molecular formula is C14H14F3N3O2. The second kappa shape index (κ2) is 4.98. The predicted octanol–water partition coefficient (Wildman–Crippen LogP) is 1.25. The summed E-state index contributed by atoms with van der Waals surface area (Å²) < 4.78 is 40.6. The highest BCUT2D eigenvalue weighted by atomic mass is 19.4. The van der Waals surface area contributed by atoms with Gasteiger partial charge < -0.3 is 5.32 Å². The van der Waals surface area contributed by atoms with Gasteiger partial charge in [-0.3, -0.25) is 13.9 Å². The summed E-state index contributed by atoms with van der Waals surface area (Å²) in [5.74, 6) is 0. The molecule has 0 aliphatic carbocycles. The number of fused-ring (bicyclic) bond motifs is 1. The molecule has 5 nitrogen and oxygen atoms in total. The Morgan fingerprint density at radius 1 is 1.27 bits per heavy atom. The van der Waals surface area contributed by atoms with Crippen molar-refractivity contribution in [3.63, 3.8) is 0 Å². The SMILES string of the molecule is Cn1c(=O)n(C2CCNC2)c(=O)c2ccc(C(F)(F)F)cc21. The first kappa shape index (κ1) is 14.8. The molecule has 1 N–H and O–H groups in total. The second-order valence-electron chi connectivity index (χ2n) is 5.39. The number of alkyl halides is 3. The molecule has 0 saturated carbocycles. The van der Waals surface area contributed by atoms with Crippen molar-refractivity contribution in [2.24, 2.45) is 7.05 Å². The lowest BCUT2D eigenvalue weighted by atomic mass is 10.1. The zero-order chi connectivity index (χ0) is 16.1. The van der Waals surface area contributed by atoms with E-state index in [4.69, 9.17) is 0 Å². The van der Waals surface area contributed by atoms with E-state index < -0.39 is 23.0 Å². The summed E-state index contributed by atoms with van der Waals surface area (Å²) in [5.41, 5.74) is -2.02. The highest BCUT2D eigenvalue weighted by Gasteiger charge is 2.31. The van der Waals surface area contributed by atoms with Gasteiger partial charge in [-0.1, -0.05) is 0 Å². The summed E-state index contributed by atoms with van der Waals surface area (Å²) in [6, 6.07) is 2.58. The monoisotopic (exact) mass is 313 g/mol. The van der Waals surface area contributed by atoms with Crippen molar-refractivity contribution in [2.45, 2.75) is 18.6 Å². The minimum Gasteiger partial charge on any atom is -0.315 e. The third-order valence-electron chi connectivity index (χ3n) is 4.03. The van der Waals surface area contributed by atoms with Crippen molar-refractivity contribution < 1.29 is 13.2 Å². The number of rotatable bonds is 1. The molecule has 1 aromatic heterocycles. The van der Waals surface area contributed by atoms with Crippen LogP contribution in [0.3, 0.4) is 0 Å². The average molecular weight is 313 g/mol. The number of nitrogens with one attached hydrogen (secondary N) is 1. The number of aromatic nitrogens is 2. The summed E-state index contributed by atoms with van der Waals surface area (Å²) >= 11 is 0. The molecule has 0 spiro atoms. The van der Waals surface area contributed by atoms with Gasteiger partial charge in [-0.2, -0.15) is 13.2 Å². The van der Waals surface area contributed by atoms with Gasteiger partial charge >= 0.3 is 11.9 Å². The van der Waals surface area contributed by atoms with E-state index in [9.17, 15) is 22.8 Å². The van der Waals surface area contributed by atoms with Crippen LogP contribution < -0.4 is 16.6 Å². The molecule has 118 valence electrons. The van der Waals surface area contributed by atoms with Gasteiger partial charge in [-0.25, -0.2) is 4.79 Å². The van der Waals surface area contributed by atoms with Crippen LogP contribution in [0.15, 0.2) is 27.8 Å². The van der Waals surface area contributed by atoms with Crippen molar-refractivity contribution in [3.8, 4) is 0 Å². The molecule has 1 fully saturated rings. The number of aryl methyl sites for hydroxylation is 1. The van der Waals surface area contributed by atoms with E-state index in [1.54, 1.807) is 0 Å². The van der Waals surface area contributed by atoms with E-state index in [0.717, 1.165) is 27.3 Å². The number of hydrogen-bond acceptors (Lipinski definition) is 3. The standard InChI is InChI=1S/C14H14F3N3O2/c1-19-11-6-8(14(15,16)17)2-3-10(11)12(21)20(13(19)22)9-4-5-18-7-9/h2-3,6,9,18H,4-5,7H2,1H3. The zero-order valence-corrected chi connectivity index (χ0v) is 11.8. The van der Waals surface area contributed by atoms with Crippen LogP contribution in [0.5, 0.6) is 0 Å². The first-order valence-corrected chi connectivity index (χ1v) is 6.84. The highest BCUT2D eigenvalue weighted by molar-refractivity contribution is 5.78. The summed E-state index contributed by atoms with van der Waals surface area (Å²) in [5, 5.41) is 3.18. The Balaban J connectivity index is 2.31. The van der Waals surface area contributed by atoms with Gasteiger partial charge in [0.25, 0.3) is 5.56 Å². The van der Waals surface area contributed by atoms with Crippen molar-refractivity contribution in [3.05, 3.63) is 44.6 Å². The van der Waals surface area contributed by atoms with Crippen LogP contribution in [0.25, 0.3) is 10.9 Å². The molecule has 1 aliphatic heterocycles. The van der Waals surface area contributed by atoms with E-state index in [1.807, 2.05) is 0 Å². The Kier molecular flexibility index (Phi) is 3.36. The van der Waals surface area contributed by atoms with E-state index in [1.165, 1.54) is 7.05 Å². The normalized spacial score (nSPS) is 19.0. The molecule has 3 rings (SSSR count). The van der Waals surface area contributed by atoms with Crippen LogP contribution >= 0.6 is 0 Å². The van der Waals surface area contributed by atoms with Crippen LogP contribution in [0, 0.1) is 0 Å². The van der Waals surface area contributed by atoms with Crippen LogP contribution in [0.2, 0.25) is 0 Å². The summed E-state index contributed by atoms with van der Waals surface area (Å²) in [6.45, 7) is 1.20. The molecule has 2 aromatic rings. The third-order valence-corrected chi connectivity index (χ3v) is 4.03. The first-order chi connectivity index (χ1) is 10.3. The average Bonchev–Trinajstić information content (AvgIpc) is 2.97. The topological polar surface area (TPSA) is 56.0 Å². The van der Waals surface area contributed by atoms with Crippen molar-refractivity contribution in [1.29, 1.82) is 0 Å². The molecule has 8 heteroatoms. The fourth-order valence-electron chi connectivity index (χ4n) is 2.83. The molecule has 1 aliphatic rings. The smallest absolute Gasteiger partial charge is 0.315 e. The molecule has 1 atom stereocenters. The number of nitrogens with zero attached hydrogens (tertiary/aromatic N) is 2. The molecular weight excluding hydrogens is 299 g/mol. The fourth-order valence-corrected chi connectivity index (χ4v) is 2.83. The molecule has 0 amide bonds. The minimum absolute atomic E-state index is 0.00738. The number of halogens is 3. The minimum atomic E-state index is -4.52. The van der Waals surface area contributed by atoms with Crippen LogP contribution in [0.1, 0.15) is 18.0 Å². The zero-order valence-electron chi connectivity index (χ0n) is 11.8. The van der Waals surface area contributed by atoms with Gasteiger partial charge in [0, 0.05) is 13.6 Å². The maximum Gasteiger partial charge on any atom is 0.416 e. The first-order valence-electron chi connectivity index (χ1n) is 6.84.